The summed E-state index contributed by atoms with van der Waals surface area (Å²) in [7, 11) is 0. The third-order valence-corrected chi connectivity index (χ3v) is 3.70. The van der Waals surface area contributed by atoms with E-state index in [-0.39, 0.29) is 5.91 Å². The SMILES string of the molecule is O=C(N/N=C\c1cccn1-c1ccc(Br)cc1)c1cccnc1. The van der Waals surface area contributed by atoms with Gasteiger partial charge in [0.05, 0.1) is 17.5 Å². The molecule has 6 heteroatoms. The molecule has 0 aliphatic carbocycles. The number of nitrogens with zero attached hydrogens (tertiary/aromatic N) is 3. The third kappa shape index (κ3) is 3.73. The first-order chi connectivity index (χ1) is 11.2. The summed E-state index contributed by atoms with van der Waals surface area (Å²) in [5.74, 6) is -0.295. The summed E-state index contributed by atoms with van der Waals surface area (Å²) < 4.78 is 3.00. The summed E-state index contributed by atoms with van der Waals surface area (Å²) >= 11 is 3.42. The van der Waals surface area contributed by atoms with E-state index in [1.54, 1.807) is 24.5 Å². The number of benzene rings is 1. The van der Waals surface area contributed by atoms with Crippen LogP contribution in [-0.4, -0.2) is 21.7 Å². The molecule has 1 amide bonds. The number of pyridine rings is 1. The minimum absolute atomic E-state index is 0.295. The van der Waals surface area contributed by atoms with Gasteiger partial charge in [-0.15, -0.1) is 0 Å². The van der Waals surface area contributed by atoms with Crippen LogP contribution in [-0.2, 0) is 0 Å². The van der Waals surface area contributed by atoms with Crippen LogP contribution in [0.25, 0.3) is 5.69 Å². The van der Waals surface area contributed by atoms with Crippen LogP contribution in [0.15, 0.2) is 76.7 Å². The molecule has 114 valence electrons. The molecule has 0 radical (unpaired) electrons. The van der Waals surface area contributed by atoms with Crippen molar-refractivity contribution in [2.45, 2.75) is 0 Å². The summed E-state index contributed by atoms with van der Waals surface area (Å²) in [4.78, 5) is 15.8. The normalized spacial score (nSPS) is 10.8. The number of hydrazone groups is 1. The first-order valence-electron chi connectivity index (χ1n) is 6.91. The standard InChI is InChI=1S/C17H13BrN4O/c18-14-5-7-15(8-6-14)22-10-2-4-16(22)12-20-21-17(23)13-3-1-9-19-11-13/h1-12H,(H,21,23)/b20-12-. The van der Waals surface area contributed by atoms with Gasteiger partial charge in [-0.2, -0.15) is 5.10 Å². The van der Waals surface area contributed by atoms with Gasteiger partial charge in [-0.3, -0.25) is 9.78 Å². The van der Waals surface area contributed by atoms with Crippen LogP contribution < -0.4 is 5.43 Å². The number of aromatic nitrogens is 2. The molecular formula is C17H13BrN4O. The average molecular weight is 369 g/mol. The molecule has 0 bridgehead atoms. The molecule has 5 nitrogen and oxygen atoms in total. The Morgan fingerprint density at radius 3 is 2.74 bits per heavy atom. The van der Waals surface area contributed by atoms with Crippen LogP contribution in [0, 0.1) is 0 Å². The quantitative estimate of drug-likeness (QED) is 0.566. The molecule has 0 saturated heterocycles. The number of halogens is 1. The molecule has 2 heterocycles. The largest absolute Gasteiger partial charge is 0.316 e. The third-order valence-electron chi connectivity index (χ3n) is 3.17. The van der Waals surface area contributed by atoms with E-state index in [2.05, 4.69) is 31.4 Å². The first-order valence-corrected chi connectivity index (χ1v) is 7.70. The Hall–Kier alpha value is -2.73. The molecule has 0 aliphatic heterocycles. The Morgan fingerprint density at radius 1 is 1.17 bits per heavy atom. The van der Waals surface area contributed by atoms with E-state index in [0.717, 1.165) is 15.9 Å². The monoisotopic (exact) mass is 368 g/mol. The smallest absolute Gasteiger partial charge is 0.272 e. The fourth-order valence-corrected chi connectivity index (χ4v) is 2.32. The number of amides is 1. The molecule has 0 aliphatic rings. The molecule has 0 fully saturated rings. The second kappa shape index (κ2) is 7.02. The van der Waals surface area contributed by atoms with Gasteiger partial charge in [0.25, 0.3) is 5.91 Å². The molecule has 1 N–H and O–H groups in total. The zero-order valence-corrected chi connectivity index (χ0v) is 13.6. The maximum absolute atomic E-state index is 11.9. The van der Waals surface area contributed by atoms with Gasteiger partial charge in [-0.1, -0.05) is 15.9 Å². The Balaban J connectivity index is 1.73. The summed E-state index contributed by atoms with van der Waals surface area (Å²) in [6.07, 6.45) is 6.66. The molecule has 3 rings (SSSR count). The molecule has 2 aromatic heterocycles. The lowest BCUT2D eigenvalue weighted by Gasteiger charge is -2.06. The second-order valence-corrected chi connectivity index (χ2v) is 5.64. The van der Waals surface area contributed by atoms with Crippen molar-refractivity contribution in [2.75, 3.05) is 0 Å². The molecule has 0 atom stereocenters. The van der Waals surface area contributed by atoms with Crippen LogP contribution in [0.1, 0.15) is 16.1 Å². The molecule has 1 aromatic carbocycles. The van der Waals surface area contributed by atoms with Gasteiger partial charge in [0.1, 0.15) is 0 Å². The lowest BCUT2D eigenvalue weighted by molar-refractivity contribution is 0.0955. The highest BCUT2D eigenvalue weighted by molar-refractivity contribution is 9.10. The predicted octanol–water partition coefficient (Wildman–Crippen LogP) is 3.40. The van der Waals surface area contributed by atoms with Crippen molar-refractivity contribution in [1.29, 1.82) is 0 Å². The summed E-state index contributed by atoms with van der Waals surface area (Å²) in [6, 6.07) is 15.2. The van der Waals surface area contributed by atoms with Crippen molar-refractivity contribution in [3.63, 3.8) is 0 Å². The van der Waals surface area contributed by atoms with Crippen molar-refractivity contribution < 1.29 is 4.79 Å². The minimum Gasteiger partial charge on any atom is -0.316 e. The Morgan fingerprint density at radius 2 is 2.00 bits per heavy atom. The summed E-state index contributed by atoms with van der Waals surface area (Å²) in [5, 5.41) is 4.01. The Labute approximate surface area is 141 Å². The van der Waals surface area contributed by atoms with Gasteiger partial charge in [0.15, 0.2) is 0 Å². The molecule has 0 saturated carbocycles. The molecule has 3 aromatic rings. The van der Waals surface area contributed by atoms with Gasteiger partial charge in [0, 0.05) is 28.8 Å². The van der Waals surface area contributed by atoms with Gasteiger partial charge in [0.2, 0.25) is 0 Å². The molecule has 0 unspecified atom stereocenters. The number of hydrogen-bond donors (Lipinski definition) is 1. The number of carbonyl (C=O) groups excluding carboxylic acids is 1. The minimum atomic E-state index is -0.295. The van der Waals surface area contributed by atoms with E-state index in [9.17, 15) is 4.79 Å². The average Bonchev–Trinajstić information content (AvgIpc) is 3.05. The van der Waals surface area contributed by atoms with Gasteiger partial charge in [-0.05, 0) is 48.5 Å². The summed E-state index contributed by atoms with van der Waals surface area (Å²) in [6.45, 7) is 0. The van der Waals surface area contributed by atoms with Gasteiger partial charge in [-0.25, -0.2) is 5.43 Å². The van der Waals surface area contributed by atoms with Crippen LogP contribution in [0.4, 0.5) is 0 Å². The van der Waals surface area contributed by atoms with E-state index < -0.39 is 0 Å². The lowest BCUT2D eigenvalue weighted by Crippen LogP contribution is -2.17. The highest BCUT2D eigenvalue weighted by atomic mass is 79.9. The highest BCUT2D eigenvalue weighted by Gasteiger charge is 2.04. The van der Waals surface area contributed by atoms with Crippen LogP contribution in [0.5, 0.6) is 0 Å². The van der Waals surface area contributed by atoms with Crippen molar-refractivity contribution in [2.24, 2.45) is 5.10 Å². The second-order valence-electron chi connectivity index (χ2n) is 4.72. The predicted molar refractivity (Wildman–Crippen MR) is 92.8 cm³/mol. The maximum atomic E-state index is 11.9. The van der Waals surface area contributed by atoms with E-state index >= 15 is 0 Å². The van der Waals surface area contributed by atoms with Gasteiger partial charge < -0.3 is 4.57 Å². The number of rotatable bonds is 4. The summed E-state index contributed by atoms with van der Waals surface area (Å²) in [5.41, 5.74) is 4.83. The first kappa shape index (κ1) is 15.2. The van der Waals surface area contributed by atoms with Gasteiger partial charge >= 0.3 is 0 Å². The Bertz CT molecular complexity index is 825. The zero-order valence-electron chi connectivity index (χ0n) is 12.1. The van der Waals surface area contributed by atoms with Crippen LogP contribution in [0.3, 0.4) is 0 Å². The van der Waals surface area contributed by atoms with Crippen LogP contribution >= 0.6 is 15.9 Å². The zero-order chi connectivity index (χ0) is 16.1. The highest BCUT2D eigenvalue weighted by Crippen LogP contribution is 2.15. The lowest BCUT2D eigenvalue weighted by atomic mass is 10.3. The number of nitrogens with one attached hydrogen (secondary N) is 1. The fourth-order valence-electron chi connectivity index (χ4n) is 2.05. The maximum Gasteiger partial charge on any atom is 0.272 e. The van der Waals surface area contributed by atoms with Crippen molar-refractivity contribution >= 4 is 28.1 Å². The van der Waals surface area contributed by atoms with E-state index in [1.165, 1.54) is 6.20 Å². The topological polar surface area (TPSA) is 59.3 Å². The Kier molecular flexibility index (Phi) is 4.63. The molecule has 0 spiro atoms. The van der Waals surface area contributed by atoms with E-state index in [4.69, 9.17) is 0 Å². The van der Waals surface area contributed by atoms with Crippen molar-refractivity contribution in [3.05, 3.63) is 82.9 Å². The fraction of sp³-hybridized carbons (Fsp3) is 0. The van der Waals surface area contributed by atoms with Crippen LogP contribution in [0.2, 0.25) is 0 Å². The van der Waals surface area contributed by atoms with Crippen molar-refractivity contribution in [1.82, 2.24) is 15.0 Å². The van der Waals surface area contributed by atoms with E-state index in [0.29, 0.717) is 5.56 Å². The molecule has 23 heavy (non-hydrogen) atoms. The van der Waals surface area contributed by atoms with E-state index in [1.807, 2.05) is 47.2 Å². The molecular weight excluding hydrogens is 356 g/mol. The number of hydrogen-bond acceptors (Lipinski definition) is 3. The number of carbonyl (C=O) groups is 1. The van der Waals surface area contributed by atoms with Crippen molar-refractivity contribution in [3.8, 4) is 5.69 Å².